The number of aromatic nitrogens is 2. The third-order valence-electron chi connectivity index (χ3n) is 9.13. The molecule has 0 radical (unpaired) electrons. The summed E-state index contributed by atoms with van der Waals surface area (Å²) >= 11 is 25.2. The van der Waals surface area contributed by atoms with Crippen LogP contribution in [0.15, 0.2) is 70.6 Å². The van der Waals surface area contributed by atoms with Crippen molar-refractivity contribution in [2.45, 2.75) is 44.7 Å². The number of carbonyl (C=O) groups is 1. The number of fused-ring (bicyclic) bond motifs is 1. The second-order valence-electron chi connectivity index (χ2n) is 12.1. The van der Waals surface area contributed by atoms with Gasteiger partial charge in [-0.25, -0.2) is 4.79 Å². The molecule has 0 N–H and O–H groups in total. The molecule has 262 valence electrons. The molecule has 9 nitrogen and oxygen atoms in total. The number of hydrogen-bond donors (Lipinski definition) is 0. The summed E-state index contributed by atoms with van der Waals surface area (Å²) in [6.07, 6.45) is 2.37. The predicted molar refractivity (Wildman–Crippen MR) is 199 cm³/mol. The molecule has 0 saturated carbocycles. The van der Waals surface area contributed by atoms with E-state index < -0.39 is 0 Å². The summed E-state index contributed by atoms with van der Waals surface area (Å²) in [5.74, 6) is -0.442. The number of oxime groups is 1. The van der Waals surface area contributed by atoms with Crippen LogP contribution in [0, 0.1) is 0 Å². The fourth-order valence-corrected chi connectivity index (χ4v) is 7.49. The predicted octanol–water partition coefficient (Wildman–Crippen LogP) is 8.04. The van der Waals surface area contributed by atoms with Crippen LogP contribution in [0.5, 0.6) is 0 Å². The van der Waals surface area contributed by atoms with Crippen molar-refractivity contribution in [1.29, 1.82) is 0 Å². The van der Waals surface area contributed by atoms with Crippen LogP contribution < -0.4 is 5.69 Å². The van der Waals surface area contributed by atoms with E-state index in [9.17, 15) is 9.59 Å². The summed E-state index contributed by atoms with van der Waals surface area (Å²) in [4.78, 5) is 36.7. The van der Waals surface area contributed by atoms with Crippen LogP contribution in [-0.4, -0.2) is 84.1 Å². The molecule has 0 aliphatic carbocycles. The number of piperidine rings is 1. The summed E-state index contributed by atoms with van der Waals surface area (Å²) in [6.45, 7) is 5.95. The van der Waals surface area contributed by atoms with Gasteiger partial charge in [0.1, 0.15) is 7.11 Å². The summed E-state index contributed by atoms with van der Waals surface area (Å²) in [6, 6.07) is 18.4. The van der Waals surface area contributed by atoms with Crippen LogP contribution in [0.1, 0.15) is 54.1 Å². The molecule has 4 aromatic rings. The molecule has 13 heteroatoms. The first-order valence-corrected chi connectivity index (χ1v) is 17.9. The van der Waals surface area contributed by atoms with Gasteiger partial charge in [-0.15, -0.1) is 0 Å². The third-order valence-corrected chi connectivity index (χ3v) is 10.3. The van der Waals surface area contributed by atoms with Crippen molar-refractivity contribution in [1.82, 2.24) is 18.9 Å². The summed E-state index contributed by atoms with van der Waals surface area (Å²) in [5, 5.41) is 6.12. The molecule has 1 aliphatic rings. The van der Waals surface area contributed by atoms with Crippen molar-refractivity contribution in [3.63, 3.8) is 0 Å². The molecule has 0 bridgehead atoms. The lowest BCUT2D eigenvalue weighted by Gasteiger charge is -2.34. The van der Waals surface area contributed by atoms with Crippen molar-refractivity contribution >= 4 is 69.1 Å². The van der Waals surface area contributed by atoms with E-state index in [0.717, 1.165) is 49.1 Å². The molecule has 1 amide bonds. The summed E-state index contributed by atoms with van der Waals surface area (Å²) in [5.41, 5.74) is 3.88. The Bertz CT molecular complexity index is 1830. The van der Waals surface area contributed by atoms with Gasteiger partial charge in [0.15, 0.2) is 0 Å². The zero-order chi connectivity index (χ0) is 35.1. The molecule has 5 rings (SSSR count). The number of ether oxygens (including phenoxy) is 1. The lowest BCUT2D eigenvalue weighted by atomic mass is 9.89. The van der Waals surface area contributed by atoms with Crippen LogP contribution in [0.25, 0.3) is 11.0 Å². The smallest absolute Gasteiger partial charge is 0.329 e. The first-order valence-electron chi connectivity index (χ1n) is 16.4. The first-order chi connectivity index (χ1) is 23.6. The average Bonchev–Trinajstić information content (AvgIpc) is 3.37. The summed E-state index contributed by atoms with van der Waals surface area (Å²) in [7, 11) is 3.15. The van der Waals surface area contributed by atoms with Gasteiger partial charge in [-0.3, -0.25) is 13.9 Å². The van der Waals surface area contributed by atoms with Crippen LogP contribution in [-0.2, 0) is 16.1 Å². The molecular formula is C36H41Cl4N5O4. The number of hydrogen-bond acceptors (Lipinski definition) is 6. The Labute approximate surface area is 306 Å². The van der Waals surface area contributed by atoms with Gasteiger partial charge in [-0.05, 0) is 80.8 Å². The molecule has 1 saturated heterocycles. The number of imidazole rings is 1. The van der Waals surface area contributed by atoms with Crippen molar-refractivity contribution in [2.24, 2.45) is 5.16 Å². The Morgan fingerprint density at radius 2 is 1.63 bits per heavy atom. The molecule has 0 spiro atoms. The topological polar surface area (TPSA) is 81.3 Å². The third kappa shape index (κ3) is 8.82. The van der Waals surface area contributed by atoms with E-state index in [1.807, 2.05) is 52.5 Å². The lowest BCUT2D eigenvalue weighted by molar-refractivity contribution is 0.0784. The second kappa shape index (κ2) is 17.2. The van der Waals surface area contributed by atoms with Crippen LogP contribution in [0.4, 0.5) is 0 Å². The molecule has 1 aliphatic heterocycles. The van der Waals surface area contributed by atoms with Gasteiger partial charge in [0.2, 0.25) is 0 Å². The highest BCUT2D eigenvalue weighted by atomic mass is 35.5. The van der Waals surface area contributed by atoms with Gasteiger partial charge >= 0.3 is 5.69 Å². The minimum Gasteiger partial charge on any atom is -0.399 e. The zero-order valence-electron chi connectivity index (χ0n) is 27.9. The van der Waals surface area contributed by atoms with Crippen LogP contribution in [0.3, 0.4) is 0 Å². The highest BCUT2D eigenvalue weighted by Crippen LogP contribution is 2.32. The number of benzene rings is 3. The molecule has 49 heavy (non-hydrogen) atoms. The van der Waals surface area contributed by atoms with Gasteiger partial charge in [0.05, 0.1) is 46.5 Å². The molecule has 1 atom stereocenters. The quantitative estimate of drug-likeness (QED) is 0.0964. The van der Waals surface area contributed by atoms with Crippen molar-refractivity contribution in [3.05, 3.63) is 102 Å². The largest absolute Gasteiger partial charge is 0.399 e. The Morgan fingerprint density at radius 3 is 2.27 bits per heavy atom. The fourth-order valence-electron chi connectivity index (χ4n) is 6.65. The highest BCUT2D eigenvalue weighted by molar-refractivity contribution is 6.42. The fraction of sp³-hybridized carbons (Fsp3) is 0.417. The molecule has 0 unspecified atom stereocenters. The number of halogens is 4. The summed E-state index contributed by atoms with van der Waals surface area (Å²) < 4.78 is 9.05. The maximum Gasteiger partial charge on any atom is 0.329 e. The van der Waals surface area contributed by atoms with E-state index in [1.165, 1.54) is 7.11 Å². The van der Waals surface area contributed by atoms with E-state index in [4.69, 9.17) is 56.0 Å². The maximum atomic E-state index is 13.6. The highest BCUT2D eigenvalue weighted by Gasteiger charge is 2.29. The number of rotatable bonds is 14. The van der Waals surface area contributed by atoms with Crippen molar-refractivity contribution in [2.75, 3.05) is 53.6 Å². The SMILES string of the molecule is CCN(C/C(=N\OC)[C@H](CCN1CCC(n2c(=O)n(CCOC)c3ccccc32)CC1)c1ccc(Cl)c(Cl)c1)C(=O)c1cc(Cl)cc(Cl)c1. The normalized spacial score (nSPS) is 15.1. The van der Waals surface area contributed by atoms with Crippen molar-refractivity contribution in [3.8, 4) is 0 Å². The monoisotopic (exact) mass is 747 g/mol. The Balaban J connectivity index is 1.34. The number of nitrogens with zero attached hydrogens (tertiary/aromatic N) is 5. The van der Waals surface area contributed by atoms with Crippen LogP contribution in [0.2, 0.25) is 20.1 Å². The molecule has 2 heterocycles. The van der Waals surface area contributed by atoms with Gasteiger partial charge in [0, 0.05) is 54.3 Å². The second-order valence-corrected chi connectivity index (χ2v) is 13.8. The van der Waals surface area contributed by atoms with Gasteiger partial charge < -0.3 is 19.4 Å². The minimum atomic E-state index is -0.224. The van der Waals surface area contributed by atoms with E-state index >= 15 is 0 Å². The van der Waals surface area contributed by atoms with Crippen molar-refractivity contribution < 1.29 is 14.4 Å². The maximum absolute atomic E-state index is 13.6. The van der Waals surface area contributed by atoms with Gasteiger partial charge in [-0.2, -0.15) is 0 Å². The van der Waals surface area contributed by atoms with E-state index in [2.05, 4.69) is 10.1 Å². The molecule has 3 aromatic carbocycles. The number of amides is 1. The number of methoxy groups -OCH3 is 1. The molecule has 1 fully saturated rings. The minimum absolute atomic E-state index is 0.00636. The van der Waals surface area contributed by atoms with Crippen LogP contribution >= 0.6 is 46.4 Å². The van der Waals surface area contributed by atoms with E-state index in [-0.39, 0.29) is 30.1 Å². The van der Waals surface area contributed by atoms with Gasteiger partial charge in [0.25, 0.3) is 5.91 Å². The number of likely N-dealkylation sites (tertiary alicyclic amines) is 1. The standard InChI is InChI=1S/C36H41Cl4N5O4/c1-4-43(35(46)25-19-26(37)22-27(38)20-25)23-32(41-49-3)29(24-9-10-30(39)31(40)21-24)13-16-42-14-11-28(12-15-42)45-34-8-6-5-7-33(34)44(36(45)47)17-18-48-2/h5-10,19-22,28-29H,4,11-18,23H2,1-3H3/b41-32+/t29-/m1/s1. The molecule has 1 aromatic heterocycles. The Morgan fingerprint density at radius 1 is 0.939 bits per heavy atom. The first kappa shape index (κ1) is 37.2. The Kier molecular flexibility index (Phi) is 13.1. The molecular weight excluding hydrogens is 708 g/mol. The lowest BCUT2D eigenvalue weighted by Crippen LogP contribution is -2.40. The average molecular weight is 750 g/mol. The number of para-hydroxylation sites is 2. The van der Waals surface area contributed by atoms with E-state index in [1.54, 1.807) is 36.3 Å². The van der Waals surface area contributed by atoms with E-state index in [0.29, 0.717) is 57.5 Å². The zero-order valence-corrected chi connectivity index (χ0v) is 30.9. The Hall–Kier alpha value is -3.05. The van der Waals surface area contributed by atoms with Gasteiger partial charge in [-0.1, -0.05) is 69.8 Å². The number of carbonyl (C=O) groups excluding carboxylic acids is 1.